The first-order valence-electron chi connectivity index (χ1n) is 4.16. The molecule has 0 saturated heterocycles. The van der Waals surface area contributed by atoms with E-state index in [4.69, 9.17) is 4.74 Å². The van der Waals surface area contributed by atoms with Gasteiger partial charge < -0.3 is 4.74 Å². The number of ether oxygens (including phenoxy) is 1. The van der Waals surface area contributed by atoms with E-state index in [1.165, 1.54) is 31.0 Å². The Morgan fingerprint density at radius 2 is 2.33 bits per heavy atom. The van der Waals surface area contributed by atoms with Gasteiger partial charge in [0.2, 0.25) is 12.4 Å². The van der Waals surface area contributed by atoms with Gasteiger partial charge in [0.25, 0.3) is 0 Å². The number of isocyanates is 1. The van der Waals surface area contributed by atoms with Gasteiger partial charge in [-0.1, -0.05) is 12.1 Å². The highest BCUT2D eigenvalue weighted by Crippen LogP contribution is 2.36. The fourth-order valence-electron chi connectivity index (χ4n) is 1.22. The molecule has 0 saturated carbocycles. The summed E-state index contributed by atoms with van der Waals surface area (Å²) in [7, 11) is 1.45. The molecule has 0 bridgehead atoms. The third kappa shape index (κ3) is 2.58. The number of alkyl halides is 1. The molecule has 0 heterocycles. The number of methoxy groups -OCH3 is 1. The van der Waals surface area contributed by atoms with Crippen molar-refractivity contribution < 1.29 is 13.9 Å². The van der Waals surface area contributed by atoms with Crippen LogP contribution in [0.15, 0.2) is 28.1 Å². The lowest BCUT2D eigenvalue weighted by Gasteiger charge is -2.11. The maximum absolute atomic E-state index is 13.4. The van der Waals surface area contributed by atoms with Gasteiger partial charge in [-0.25, -0.2) is 9.18 Å². The molecule has 3 nitrogen and oxygen atoms in total. The second kappa shape index (κ2) is 5.53. The number of aliphatic imine (C=N–C) groups is 1. The summed E-state index contributed by atoms with van der Waals surface area (Å²) in [6, 6.07) is 5.03. The zero-order valence-corrected chi connectivity index (χ0v) is 9.18. The minimum atomic E-state index is -1.72. The van der Waals surface area contributed by atoms with Crippen LogP contribution in [-0.4, -0.2) is 19.4 Å². The number of hydrogen-bond donors (Lipinski definition) is 0. The van der Waals surface area contributed by atoms with Crippen LogP contribution in [0.5, 0.6) is 5.75 Å². The third-order valence-electron chi connectivity index (χ3n) is 1.86. The number of nitrogens with zero attached hydrogens (tertiary/aromatic N) is 1. The van der Waals surface area contributed by atoms with Gasteiger partial charge in [0.15, 0.2) is 0 Å². The SMILES string of the molecule is COc1c(SC)cccc1C(F)N=C=O. The van der Waals surface area contributed by atoms with Crippen molar-refractivity contribution in [3.63, 3.8) is 0 Å². The molecular formula is C10H10FNO2S. The zero-order valence-electron chi connectivity index (χ0n) is 8.36. The van der Waals surface area contributed by atoms with Gasteiger partial charge in [0, 0.05) is 4.90 Å². The average molecular weight is 227 g/mol. The molecule has 0 spiro atoms. The Bertz CT molecular complexity index is 391. The summed E-state index contributed by atoms with van der Waals surface area (Å²) >= 11 is 1.44. The highest BCUT2D eigenvalue weighted by Gasteiger charge is 2.16. The molecule has 0 radical (unpaired) electrons. The molecule has 1 rings (SSSR count). The minimum absolute atomic E-state index is 0.243. The Labute approximate surface area is 91.4 Å². The third-order valence-corrected chi connectivity index (χ3v) is 2.62. The van der Waals surface area contributed by atoms with Crippen molar-refractivity contribution in [1.82, 2.24) is 0 Å². The van der Waals surface area contributed by atoms with Crippen LogP contribution in [0, 0.1) is 0 Å². The van der Waals surface area contributed by atoms with E-state index in [0.717, 1.165) is 4.90 Å². The molecule has 1 aromatic rings. The number of para-hydroxylation sites is 1. The lowest BCUT2D eigenvalue weighted by molar-refractivity contribution is 0.330. The second-order valence-corrected chi connectivity index (χ2v) is 3.49. The molecule has 0 aliphatic rings. The highest BCUT2D eigenvalue weighted by molar-refractivity contribution is 7.98. The van der Waals surface area contributed by atoms with Gasteiger partial charge in [-0.2, -0.15) is 4.99 Å². The first kappa shape index (κ1) is 11.8. The van der Waals surface area contributed by atoms with E-state index in [1.54, 1.807) is 6.07 Å². The van der Waals surface area contributed by atoms with E-state index in [2.05, 4.69) is 4.99 Å². The van der Waals surface area contributed by atoms with E-state index in [0.29, 0.717) is 5.75 Å². The van der Waals surface area contributed by atoms with E-state index in [9.17, 15) is 9.18 Å². The molecule has 0 N–H and O–H groups in total. The number of benzene rings is 1. The van der Waals surface area contributed by atoms with Crippen LogP contribution in [0.3, 0.4) is 0 Å². The van der Waals surface area contributed by atoms with Gasteiger partial charge in [0.1, 0.15) is 5.75 Å². The van der Waals surface area contributed by atoms with Crippen LogP contribution in [0.1, 0.15) is 11.9 Å². The van der Waals surface area contributed by atoms with Crippen molar-refractivity contribution in [2.75, 3.05) is 13.4 Å². The Balaban J connectivity index is 3.21. The van der Waals surface area contributed by atoms with E-state index >= 15 is 0 Å². The molecule has 0 aromatic heterocycles. The highest BCUT2D eigenvalue weighted by atomic mass is 32.2. The van der Waals surface area contributed by atoms with Gasteiger partial charge in [-0.05, 0) is 12.3 Å². The summed E-state index contributed by atoms with van der Waals surface area (Å²) in [5, 5.41) is 0. The van der Waals surface area contributed by atoms with Crippen LogP contribution in [0.2, 0.25) is 0 Å². The van der Waals surface area contributed by atoms with Gasteiger partial charge in [0.05, 0.1) is 12.7 Å². The first-order chi connectivity index (χ1) is 7.24. The lowest BCUT2D eigenvalue weighted by Crippen LogP contribution is -1.95. The molecule has 1 unspecified atom stereocenters. The maximum Gasteiger partial charge on any atom is 0.238 e. The predicted molar refractivity (Wildman–Crippen MR) is 56.7 cm³/mol. The van der Waals surface area contributed by atoms with Crippen molar-refractivity contribution in [3.05, 3.63) is 23.8 Å². The van der Waals surface area contributed by atoms with Crippen LogP contribution in [-0.2, 0) is 4.79 Å². The summed E-state index contributed by atoms with van der Waals surface area (Å²) < 4.78 is 18.5. The predicted octanol–water partition coefficient (Wildman–Crippen LogP) is 2.72. The van der Waals surface area contributed by atoms with Gasteiger partial charge in [-0.3, -0.25) is 0 Å². The quantitative estimate of drug-likeness (QED) is 0.343. The Kier molecular flexibility index (Phi) is 4.34. The summed E-state index contributed by atoms with van der Waals surface area (Å²) in [6.07, 6.45) is 1.33. The molecule has 80 valence electrons. The van der Waals surface area contributed by atoms with Crippen molar-refractivity contribution in [1.29, 1.82) is 0 Å². The fraction of sp³-hybridized carbons (Fsp3) is 0.300. The van der Waals surface area contributed by atoms with E-state index in [1.807, 2.05) is 12.3 Å². The molecular weight excluding hydrogens is 217 g/mol. The molecule has 15 heavy (non-hydrogen) atoms. The molecule has 0 fully saturated rings. The maximum atomic E-state index is 13.4. The second-order valence-electron chi connectivity index (χ2n) is 2.64. The number of carbonyl (C=O) groups excluding carboxylic acids is 1. The molecule has 1 aromatic carbocycles. The van der Waals surface area contributed by atoms with Crippen LogP contribution < -0.4 is 4.74 Å². The largest absolute Gasteiger partial charge is 0.495 e. The summed E-state index contributed by atoms with van der Waals surface area (Å²) in [5.41, 5.74) is 0.243. The fourth-order valence-corrected chi connectivity index (χ4v) is 1.82. The van der Waals surface area contributed by atoms with Crippen LogP contribution in [0.4, 0.5) is 4.39 Å². The molecule has 1 atom stereocenters. The molecule has 0 amide bonds. The van der Waals surface area contributed by atoms with E-state index < -0.39 is 6.30 Å². The smallest absolute Gasteiger partial charge is 0.238 e. The number of rotatable bonds is 4. The average Bonchev–Trinajstić information content (AvgIpc) is 2.28. The Hall–Kier alpha value is -1.32. The number of hydrogen-bond acceptors (Lipinski definition) is 4. The zero-order chi connectivity index (χ0) is 11.3. The summed E-state index contributed by atoms with van der Waals surface area (Å²) in [4.78, 5) is 13.8. The van der Waals surface area contributed by atoms with Crippen molar-refractivity contribution in [3.8, 4) is 5.75 Å². The topological polar surface area (TPSA) is 38.7 Å². The van der Waals surface area contributed by atoms with E-state index in [-0.39, 0.29) is 5.56 Å². The van der Waals surface area contributed by atoms with Crippen LogP contribution in [0.25, 0.3) is 0 Å². The van der Waals surface area contributed by atoms with Crippen LogP contribution >= 0.6 is 11.8 Å². The molecule has 5 heteroatoms. The van der Waals surface area contributed by atoms with Gasteiger partial charge in [-0.15, -0.1) is 11.8 Å². The normalized spacial score (nSPS) is 11.7. The van der Waals surface area contributed by atoms with Crippen molar-refractivity contribution in [2.45, 2.75) is 11.2 Å². The lowest BCUT2D eigenvalue weighted by atomic mass is 10.2. The monoisotopic (exact) mass is 227 g/mol. The first-order valence-corrected chi connectivity index (χ1v) is 5.39. The van der Waals surface area contributed by atoms with Gasteiger partial charge >= 0.3 is 0 Å². The Morgan fingerprint density at radius 1 is 1.60 bits per heavy atom. The van der Waals surface area contributed by atoms with Crippen molar-refractivity contribution in [2.24, 2.45) is 4.99 Å². The molecule has 0 aliphatic heterocycles. The number of halogens is 1. The Morgan fingerprint density at radius 3 is 2.87 bits per heavy atom. The minimum Gasteiger partial charge on any atom is -0.495 e. The number of thioether (sulfide) groups is 1. The molecule has 0 aliphatic carbocycles. The van der Waals surface area contributed by atoms with Crippen molar-refractivity contribution >= 4 is 17.8 Å². The standard InChI is InChI=1S/C10H10FNO2S/c1-14-9-7(10(11)12-6-13)4-3-5-8(9)15-2/h3-5,10H,1-2H3. The summed E-state index contributed by atoms with van der Waals surface area (Å²) in [5.74, 6) is 0.413. The summed E-state index contributed by atoms with van der Waals surface area (Å²) in [6.45, 7) is 0.